The van der Waals surface area contributed by atoms with E-state index in [9.17, 15) is 4.79 Å². The Morgan fingerprint density at radius 3 is 2.50 bits per heavy atom. The van der Waals surface area contributed by atoms with E-state index < -0.39 is 6.04 Å². The van der Waals surface area contributed by atoms with Crippen molar-refractivity contribution in [2.24, 2.45) is 11.7 Å². The van der Waals surface area contributed by atoms with Crippen molar-refractivity contribution in [2.45, 2.75) is 26.3 Å². The summed E-state index contributed by atoms with van der Waals surface area (Å²) in [5.41, 5.74) is 5.29. The molecule has 10 heavy (non-hydrogen) atoms. The van der Waals surface area contributed by atoms with Gasteiger partial charge < -0.3 is 10.8 Å². The summed E-state index contributed by atoms with van der Waals surface area (Å²) in [7, 11) is 0. The van der Waals surface area contributed by atoms with Gasteiger partial charge in [-0.15, -0.1) is 0 Å². The third kappa shape index (κ3) is 2.45. The molecule has 0 spiro atoms. The van der Waals surface area contributed by atoms with Gasteiger partial charge in [0.25, 0.3) is 0 Å². The summed E-state index contributed by atoms with van der Waals surface area (Å²) in [6.45, 7) is 3.49. The lowest BCUT2D eigenvalue weighted by atomic mass is 9.99. The molecule has 0 bridgehead atoms. The third-order valence-electron chi connectivity index (χ3n) is 1.66. The number of Topliss-reactive ketones (excluding diaryl/α,β-unsaturated/α-hetero) is 1. The molecule has 0 rings (SSSR count). The zero-order valence-corrected chi connectivity index (χ0v) is 6.50. The number of hydrogen-bond acceptors (Lipinski definition) is 3. The standard InChI is InChI=1S/C7H15NO2/c1-3-5(2)7(10)6(8)4-9/h5-6,9H,3-4,8H2,1-2H3/t5?,6-/m0/s1. The lowest BCUT2D eigenvalue weighted by Crippen LogP contribution is -2.37. The predicted octanol–water partition coefficient (Wildman–Crippen LogP) is -0.0788. The Balaban J connectivity index is 3.82. The van der Waals surface area contributed by atoms with E-state index in [0.29, 0.717) is 0 Å². The van der Waals surface area contributed by atoms with Crippen LogP contribution in [0.4, 0.5) is 0 Å². The maximum absolute atomic E-state index is 11.0. The van der Waals surface area contributed by atoms with Crippen LogP contribution in [0.15, 0.2) is 0 Å². The summed E-state index contributed by atoms with van der Waals surface area (Å²) in [6, 6.07) is -0.685. The van der Waals surface area contributed by atoms with Gasteiger partial charge in [-0.1, -0.05) is 13.8 Å². The first-order valence-corrected chi connectivity index (χ1v) is 3.53. The van der Waals surface area contributed by atoms with Gasteiger partial charge in [-0.2, -0.15) is 0 Å². The van der Waals surface area contributed by atoms with Gasteiger partial charge >= 0.3 is 0 Å². The zero-order valence-electron chi connectivity index (χ0n) is 6.50. The molecular formula is C7H15NO2. The summed E-state index contributed by atoms with van der Waals surface area (Å²) in [4.78, 5) is 11.0. The van der Waals surface area contributed by atoms with E-state index in [1.165, 1.54) is 0 Å². The van der Waals surface area contributed by atoms with Crippen LogP contribution in [-0.4, -0.2) is 23.5 Å². The SMILES string of the molecule is CCC(C)C(=O)[C@@H](N)CO. The summed E-state index contributed by atoms with van der Waals surface area (Å²) in [6.07, 6.45) is 0.784. The molecule has 2 atom stereocenters. The van der Waals surface area contributed by atoms with Gasteiger partial charge in [0.15, 0.2) is 5.78 Å². The molecule has 0 aliphatic carbocycles. The van der Waals surface area contributed by atoms with E-state index in [0.717, 1.165) is 6.42 Å². The van der Waals surface area contributed by atoms with E-state index in [2.05, 4.69) is 0 Å². The van der Waals surface area contributed by atoms with Crippen molar-refractivity contribution in [1.82, 2.24) is 0 Å². The molecule has 1 unspecified atom stereocenters. The fourth-order valence-corrected chi connectivity index (χ4v) is 0.657. The molecule has 0 amide bonds. The molecule has 0 fully saturated rings. The molecule has 3 N–H and O–H groups in total. The van der Waals surface area contributed by atoms with Crippen LogP contribution in [0.25, 0.3) is 0 Å². The number of rotatable bonds is 4. The quantitative estimate of drug-likeness (QED) is 0.581. The van der Waals surface area contributed by atoms with Crippen molar-refractivity contribution >= 4 is 5.78 Å². The molecule has 0 saturated carbocycles. The number of carbonyl (C=O) groups excluding carboxylic acids is 1. The summed E-state index contributed by atoms with van der Waals surface area (Å²) in [5, 5.41) is 8.50. The molecule has 0 heterocycles. The van der Waals surface area contributed by atoms with Gasteiger partial charge in [-0.3, -0.25) is 4.79 Å². The highest BCUT2D eigenvalue weighted by Crippen LogP contribution is 2.03. The molecular weight excluding hydrogens is 130 g/mol. The molecule has 0 aromatic rings. The molecule has 3 nitrogen and oxygen atoms in total. The number of aliphatic hydroxyl groups is 1. The molecule has 0 aromatic carbocycles. The maximum atomic E-state index is 11.0. The van der Waals surface area contributed by atoms with Crippen molar-refractivity contribution in [3.8, 4) is 0 Å². The Morgan fingerprint density at radius 1 is 1.70 bits per heavy atom. The minimum Gasteiger partial charge on any atom is -0.394 e. The third-order valence-corrected chi connectivity index (χ3v) is 1.66. The fraction of sp³-hybridized carbons (Fsp3) is 0.857. The highest BCUT2D eigenvalue weighted by molar-refractivity contribution is 5.85. The van der Waals surface area contributed by atoms with Crippen LogP contribution in [0.1, 0.15) is 20.3 Å². The van der Waals surface area contributed by atoms with Crippen molar-refractivity contribution in [3.05, 3.63) is 0 Å². The fourth-order valence-electron chi connectivity index (χ4n) is 0.657. The minimum absolute atomic E-state index is 0.0258. The van der Waals surface area contributed by atoms with E-state index in [-0.39, 0.29) is 18.3 Å². The second kappa shape index (κ2) is 4.41. The molecule has 0 aliphatic heterocycles. The Kier molecular flexibility index (Phi) is 4.23. The molecule has 0 aliphatic rings. The van der Waals surface area contributed by atoms with Gasteiger partial charge in [-0.25, -0.2) is 0 Å². The monoisotopic (exact) mass is 145 g/mol. The van der Waals surface area contributed by atoms with Crippen LogP contribution in [0.5, 0.6) is 0 Å². The van der Waals surface area contributed by atoms with Crippen molar-refractivity contribution in [1.29, 1.82) is 0 Å². The van der Waals surface area contributed by atoms with E-state index in [4.69, 9.17) is 10.8 Å². The van der Waals surface area contributed by atoms with Crippen molar-refractivity contribution < 1.29 is 9.90 Å². The molecule has 0 saturated heterocycles. The topological polar surface area (TPSA) is 63.3 Å². The van der Waals surface area contributed by atoms with E-state index >= 15 is 0 Å². The van der Waals surface area contributed by atoms with Crippen LogP contribution in [0.3, 0.4) is 0 Å². The number of aliphatic hydroxyl groups excluding tert-OH is 1. The summed E-state index contributed by atoms with van der Waals surface area (Å²) < 4.78 is 0. The Morgan fingerprint density at radius 2 is 2.20 bits per heavy atom. The minimum atomic E-state index is -0.685. The molecule has 60 valence electrons. The number of nitrogens with two attached hydrogens (primary N) is 1. The first kappa shape index (κ1) is 9.59. The van der Waals surface area contributed by atoms with Gasteiger partial charge in [0.2, 0.25) is 0 Å². The van der Waals surface area contributed by atoms with E-state index in [1.54, 1.807) is 0 Å². The van der Waals surface area contributed by atoms with Gasteiger partial charge in [0.05, 0.1) is 12.6 Å². The lowest BCUT2D eigenvalue weighted by Gasteiger charge is -2.11. The van der Waals surface area contributed by atoms with Crippen LogP contribution in [0.2, 0.25) is 0 Å². The van der Waals surface area contributed by atoms with Gasteiger partial charge in [-0.05, 0) is 6.42 Å². The summed E-state index contributed by atoms with van der Waals surface area (Å²) in [5.74, 6) is -0.0767. The van der Waals surface area contributed by atoms with Crippen LogP contribution in [-0.2, 0) is 4.79 Å². The largest absolute Gasteiger partial charge is 0.394 e. The molecule has 3 heteroatoms. The van der Waals surface area contributed by atoms with Crippen molar-refractivity contribution in [3.63, 3.8) is 0 Å². The van der Waals surface area contributed by atoms with Crippen LogP contribution < -0.4 is 5.73 Å². The highest BCUT2D eigenvalue weighted by Gasteiger charge is 2.17. The lowest BCUT2D eigenvalue weighted by molar-refractivity contribution is -0.124. The van der Waals surface area contributed by atoms with Crippen LogP contribution in [0, 0.1) is 5.92 Å². The first-order valence-electron chi connectivity index (χ1n) is 3.53. The maximum Gasteiger partial charge on any atom is 0.154 e. The highest BCUT2D eigenvalue weighted by atomic mass is 16.3. The van der Waals surface area contributed by atoms with Crippen molar-refractivity contribution in [2.75, 3.05) is 6.61 Å². The smallest absolute Gasteiger partial charge is 0.154 e. The Labute approximate surface area is 61.2 Å². The zero-order chi connectivity index (χ0) is 8.15. The second-order valence-corrected chi connectivity index (χ2v) is 2.50. The van der Waals surface area contributed by atoms with E-state index in [1.807, 2.05) is 13.8 Å². The Bertz CT molecular complexity index is 102. The summed E-state index contributed by atoms with van der Waals surface area (Å²) >= 11 is 0. The number of hydrogen-bond donors (Lipinski definition) is 2. The normalized spacial score (nSPS) is 16.4. The average Bonchev–Trinajstić information content (AvgIpc) is 2.00. The van der Waals surface area contributed by atoms with Crippen LogP contribution >= 0.6 is 0 Å². The molecule has 0 aromatic heterocycles. The number of carbonyl (C=O) groups is 1. The Hall–Kier alpha value is -0.410. The van der Waals surface area contributed by atoms with Gasteiger partial charge in [0.1, 0.15) is 0 Å². The number of ketones is 1. The average molecular weight is 145 g/mol. The second-order valence-electron chi connectivity index (χ2n) is 2.50. The first-order chi connectivity index (χ1) is 4.63. The van der Waals surface area contributed by atoms with Gasteiger partial charge in [0, 0.05) is 5.92 Å². The predicted molar refractivity (Wildman–Crippen MR) is 39.5 cm³/mol. The molecule has 0 radical (unpaired) electrons.